The Hall–Kier alpha value is -1.50. The number of nitrogens with one attached hydrogen (secondary N) is 2. The zero-order valence-electron chi connectivity index (χ0n) is 11.1. The van der Waals surface area contributed by atoms with Crippen molar-refractivity contribution in [2.45, 2.75) is 6.92 Å². The molecular formula is C13H13Cl2N3O2S. The Labute approximate surface area is 133 Å². The molecule has 0 radical (unpaired) electrons. The smallest absolute Gasteiger partial charge is 0.233 e. The monoisotopic (exact) mass is 345 g/mol. The highest BCUT2D eigenvalue weighted by molar-refractivity contribution is 7.92. The predicted molar refractivity (Wildman–Crippen MR) is 87.1 cm³/mol. The highest BCUT2D eigenvalue weighted by Crippen LogP contribution is 2.28. The maximum Gasteiger partial charge on any atom is 0.233 e. The average Bonchev–Trinajstić information content (AvgIpc) is 2.44. The van der Waals surface area contributed by atoms with E-state index in [-0.39, 0.29) is 11.6 Å². The second kappa shape index (κ2) is 6.51. The number of pyridine rings is 1. The summed E-state index contributed by atoms with van der Waals surface area (Å²) in [4.78, 5) is 4.03. The van der Waals surface area contributed by atoms with Crippen LogP contribution in [0.2, 0.25) is 10.0 Å². The normalized spacial score (nSPS) is 11.2. The van der Waals surface area contributed by atoms with Gasteiger partial charge in [-0.25, -0.2) is 13.4 Å². The Morgan fingerprint density at radius 2 is 1.95 bits per heavy atom. The van der Waals surface area contributed by atoms with Crippen LogP contribution in [0, 0.1) is 0 Å². The Morgan fingerprint density at radius 1 is 1.19 bits per heavy atom. The molecule has 0 bridgehead atoms. The summed E-state index contributed by atoms with van der Waals surface area (Å²) in [5, 5.41) is 4.11. The number of halogens is 2. The topological polar surface area (TPSA) is 71.1 Å². The lowest BCUT2D eigenvalue weighted by molar-refractivity contribution is 0.602. The molecule has 21 heavy (non-hydrogen) atoms. The second-order valence-corrected chi connectivity index (χ2v) is 7.04. The number of sulfonamides is 1. The molecule has 2 N–H and O–H groups in total. The number of rotatable bonds is 5. The summed E-state index contributed by atoms with van der Waals surface area (Å²) in [5.74, 6) is 0.263. The van der Waals surface area contributed by atoms with E-state index >= 15 is 0 Å². The molecule has 0 amide bonds. The molecule has 0 saturated heterocycles. The lowest BCUT2D eigenvalue weighted by Crippen LogP contribution is -2.15. The van der Waals surface area contributed by atoms with Crippen LogP contribution in [0.1, 0.15) is 6.92 Å². The zero-order valence-corrected chi connectivity index (χ0v) is 13.4. The van der Waals surface area contributed by atoms with Crippen LogP contribution < -0.4 is 10.0 Å². The number of hydrogen-bond donors (Lipinski definition) is 2. The van der Waals surface area contributed by atoms with E-state index in [1.807, 2.05) is 0 Å². The minimum Gasteiger partial charge on any atom is -0.353 e. The molecular weight excluding hydrogens is 333 g/mol. The fourth-order valence-electron chi connectivity index (χ4n) is 1.51. The maximum atomic E-state index is 11.4. The van der Waals surface area contributed by atoms with Crippen LogP contribution in [0.5, 0.6) is 0 Å². The molecule has 0 spiro atoms. The standard InChI is InChI=1S/C13H13Cl2N3O2S/c1-2-21(19,20)18-13-6-4-10(8-16-13)17-12-5-3-9(14)7-11(12)15/h3-8,17H,2H2,1H3,(H,16,18). The molecule has 1 aromatic heterocycles. The van der Waals surface area contributed by atoms with Crippen molar-refractivity contribution in [3.63, 3.8) is 0 Å². The molecule has 0 aliphatic carbocycles. The van der Waals surface area contributed by atoms with E-state index < -0.39 is 10.0 Å². The first kappa shape index (κ1) is 15.9. The number of aromatic nitrogens is 1. The van der Waals surface area contributed by atoms with Gasteiger partial charge in [0.1, 0.15) is 5.82 Å². The number of anilines is 3. The van der Waals surface area contributed by atoms with Gasteiger partial charge in [0, 0.05) is 5.02 Å². The molecule has 0 unspecified atom stereocenters. The van der Waals surface area contributed by atoms with Gasteiger partial charge in [0.2, 0.25) is 10.0 Å². The van der Waals surface area contributed by atoms with E-state index in [1.165, 1.54) is 6.20 Å². The molecule has 1 heterocycles. The molecule has 5 nitrogen and oxygen atoms in total. The third-order valence-electron chi connectivity index (χ3n) is 2.61. The number of benzene rings is 1. The molecule has 2 aromatic rings. The van der Waals surface area contributed by atoms with E-state index in [0.29, 0.717) is 21.4 Å². The fraction of sp³-hybridized carbons (Fsp3) is 0.154. The van der Waals surface area contributed by atoms with Gasteiger partial charge in [0.05, 0.1) is 28.3 Å². The zero-order chi connectivity index (χ0) is 15.5. The van der Waals surface area contributed by atoms with Gasteiger partial charge in [0.25, 0.3) is 0 Å². The second-order valence-electron chi connectivity index (χ2n) is 4.19. The van der Waals surface area contributed by atoms with Crippen LogP contribution in [0.3, 0.4) is 0 Å². The highest BCUT2D eigenvalue weighted by atomic mass is 35.5. The molecule has 2 rings (SSSR count). The van der Waals surface area contributed by atoms with Gasteiger partial charge in [-0.05, 0) is 37.3 Å². The van der Waals surface area contributed by atoms with Crippen LogP contribution in [0.4, 0.5) is 17.2 Å². The first-order valence-corrected chi connectivity index (χ1v) is 8.49. The van der Waals surface area contributed by atoms with Crippen LogP contribution in [-0.2, 0) is 10.0 Å². The predicted octanol–water partition coefficient (Wildman–Crippen LogP) is 3.89. The largest absolute Gasteiger partial charge is 0.353 e. The van der Waals surface area contributed by atoms with Crippen LogP contribution in [0.15, 0.2) is 36.5 Å². The van der Waals surface area contributed by atoms with E-state index in [9.17, 15) is 8.42 Å². The Bertz CT molecular complexity index is 734. The molecule has 0 saturated carbocycles. The molecule has 8 heteroatoms. The van der Waals surface area contributed by atoms with Crippen molar-refractivity contribution < 1.29 is 8.42 Å². The molecule has 0 aliphatic heterocycles. The van der Waals surface area contributed by atoms with E-state index in [0.717, 1.165) is 0 Å². The number of hydrogen-bond acceptors (Lipinski definition) is 4. The minimum atomic E-state index is -3.32. The van der Waals surface area contributed by atoms with Gasteiger partial charge in [-0.15, -0.1) is 0 Å². The summed E-state index contributed by atoms with van der Waals surface area (Å²) >= 11 is 11.9. The Kier molecular flexibility index (Phi) is 4.92. The minimum absolute atomic E-state index is 0.00490. The lowest BCUT2D eigenvalue weighted by Gasteiger charge is -2.09. The van der Waals surface area contributed by atoms with E-state index in [1.54, 1.807) is 37.3 Å². The SMILES string of the molecule is CCS(=O)(=O)Nc1ccc(Nc2ccc(Cl)cc2Cl)cn1. The van der Waals surface area contributed by atoms with Gasteiger partial charge >= 0.3 is 0 Å². The first-order valence-electron chi connectivity index (χ1n) is 6.08. The third kappa shape index (κ3) is 4.49. The summed E-state index contributed by atoms with van der Waals surface area (Å²) in [5.41, 5.74) is 1.36. The third-order valence-corrected chi connectivity index (χ3v) is 4.44. The summed E-state index contributed by atoms with van der Waals surface area (Å²) in [7, 11) is -3.32. The van der Waals surface area contributed by atoms with Crippen molar-refractivity contribution in [2.24, 2.45) is 0 Å². The maximum absolute atomic E-state index is 11.4. The fourth-order valence-corrected chi connectivity index (χ4v) is 2.55. The summed E-state index contributed by atoms with van der Waals surface area (Å²) < 4.78 is 25.2. The molecule has 0 atom stereocenters. The highest BCUT2D eigenvalue weighted by Gasteiger charge is 2.07. The van der Waals surface area contributed by atoms with Gasteiger partial charge in [-0.2, -0.15) is 0 Å². The average molecular weight is 346 g/mol. The van der Waals surface area contributed by atoms with E-state index in [2.05, 4.69) is 15.0 Å². The van der Waals surface area contributed by atoms with Crippen molar-refractivity contribution in [1.29, 1.82) is 0 Å². The van der Waals surface area contributed by atoms with Crippen LogP contribution >= 0.6 is 23.2 Å². The van der Waals surface area contributed by atoms with Crippen molar-refractivity contribution in [3.8, 4) is 0 Å². The molecule has 112 valence electrons. The van der Waals surface area contributed by atoms with Crippen molar-refractivity contribution in [3.05, 3.63) is 46.6 Å². The summed E-state index contributed by atoms with van der Waals surface area (Å²) in [6, 6.07) is 8.36. The number of nitrogens with zero attached hydrogens (tertiary/aromatic N) is 1. The van der Waals surface area contributed by atoms with Crippen LogP contribution in [-0.4, -0.2) is 19.2 Å². The van der Waals surface area contributed by atoms with Crippen molar-refractivity contribution >= 4 is 50.4 Å². The van der Waals surface area contributed by atoms with Gasteiger partial charge in [0.15, 0.2) is 0 Å². The van der Waals surface area contributed by atoms with Crippen LogP contribution in [0.25, 0.3) is 0 Å². The Morgan fingerprint density at radius 3 is 2.52 bits per heavy atom. The van der Waals surface area contributed by atoms with Gasteiger partial charge < -0.3 is 5.32 Å². The summed E-state index contributed by atoms with van der Waals surface area (Å²) in [6.07, 6.45) is 1.51. The van der Waals surface area contributed by atoms with Crippen molar-refractivity contribution in [2.75, 3.05) is 15.8 Å². The first-order chi connectivity index (χ1) is 9.89. The quantitative estimate of drug-likeness (QED) is 0.862. The van der Waals surface area contributed by atoms with Crippen molar-refractivity contribution in [1.82, 2.24) is 4.98 Å². The lowest BCUT2D eigenvalue weighted by atomic mass is 10.3. The van der Waals surface area contributed by atoms with Gasteiger partial charge in [-0.3, -0.25) is 4.72 Å². The molecule has 0 aliphatic rings. The molecule has 1 aromatic carbocycles. The Balaban J connectivity index is 2.12. The van der Waals surface area contributed by atoms with Gasteiger partial charge in [-0.1, -0.05) is 23.2 Å². The van der Waals surface area contributed by atoms with E-state index in [4.69, 9.17) is 23.2 Å². The summed E-state index contributed by atoms with van der Waals surface area (Å²) in [6.45, 7) is 1.56. The molecule has 0 fully saturated rings.